The second-order valence-corrected chi connectivity index (χ2v) is 4.41. The Morgan fingerprint density at radius 2 is 1.92 bits per heavy atom. The first kappa shape index (κ1) is 9.76. The van der Waals surface area contributed by atoms with Crippen molar-refractivity contribution in [1.29, 1.82) is 0 Å². The topological polar surface area (TPSA) is 17.1 Å². The van der Waals surface area contributed by atoms with Crippen LogP contribution in [0.4, 0.5) is 0 Å². The Morgan fingerprint density at radius 3 is 2.42 bits per heavy atom. The number of ketones is 1. The highest BCUT2D eigenvalue weighted by Gasteiger charge is 2.28. The molecular formula is C11H20O. The minimum atomic E-state index is 0.433. The number of carbonyl (C=O) groups excluding carboxylic acids is 1. The summed E-state index contributed by atoms with van der Waals surface area (Å²) in [5.74, 6) is 0.433. The number of rotatable bonds is 4. The third kappa shape index (κ3) is 2.62. The van der Waals surface area contributed by atoms with E-state index in [1.807, 2.05) is 6.92 Å². The lowest BCUT2D eigenvalue weighted by atomic mass is 9.83. The van der Waals surface area contributed by atoms with E-state index in [4.69, 9.17) is 0 Å². The fraction of sp³-hybridized carbons (Fsp3) is 0.909. The second-order valence-electron chi connectivity index (χ2n) is 4.41. The molecule has 0 heterocycles. The van der Waals surface area contributed by atoms with Crippen LogP contribution in [0.3, 0.4) is 0 Å². The van der Waals surface area contributed by atoms with Gasteiger partial charge >= 0.3 is 0 Å². The summed E-state index contributed by atoms with van der Waals surface area (Å²) in [5, 5.41) is 0. The molecule has 0 aromatic carbocycles. The second kappa shape index (κ2) is 4.06. The quantitative estimate of drug-likeness (QED) is 0.629. The monoisotopic (exact) mass is 168 g/mol. The normalized spacial score (nSPS) is 21.2. The van der Waals surface area contributed by atoms with Crippen molar-refractivity contribution in [2.75, 3.05) is 0 Å². The van der Waals surface area contributed by atoms with Gasteiger partial charge in [0.2, 0.25) is 0 Å². The Balaban J connectivity index is 2.25. The summed E-state index contributed by atoms with van der Waals surface area (Å²) in [6.45, 7) is 4.29. The maximum absolute atomic E-state index is 11.1. The van der Waals surface area contributed by atoms with Crippen molar-refractivity contribution in [3.8, 4) is 0 Å². The zero-order valence-electron chi connectivity index (χ0n) is 8.36. The van der Waals surface area contributed by atoms with E-state index < -0.39 is 0 Å². The summed E-state index contributed by atoms with van der Waals surface area (Å²) in [7, 11) is 0. The average Bonchev–Trinajstić information content (AvgIpc) is 2.49. The van der Waals surface area contributed by atoms with E-state index in [2.05, 4.69) is 6.92 Å². The summed E-state index contributed by atoms with van der Waals surface area (Å²) in [6.07, 6.45) is 8.07. The van der Waals surface area contributed by atoms with E-state index in [0.29, 0.717) is 11.2 Å². The molecule has 0 radical (unpaired) electrons. The molecule has 70 valence electrons. The predicted octanol–water partition coefficient (Wildman–Crippen LogP) is 3.33. The molecule has 1 aliphatic carbocycles. The van der Waals surface area contributed by atoms with Gasteiger partial charge in [-0.15, -0.1) is 0 Å². The highest BCUT2D eigenvalue weighted by atomic mass is 16.1. The maximum atomic E-state index is 11.1. The van der Waals surface area contributed by atoms with E-state index in [9.17, 15) is 4.79 Å². The van der Waals surface area contributed by atoms with Crippen LogP contribution in [-0.2, 0) is 4.79 Å². The number of hydrogen-bond acceptors (Lipinski definition) is 1. The zero-order valence-corrected chi connectivity index (χ0v) is 8.36. The Kier molecular flexibility index (Phi) is 3.30. The molecule has 1 rings (SSSR count). The van der Waals surface area contributed by atoms with Gasteiger partial charge in [0.05, 0.1) is 0 Å². The molecule has 1 fully saturated rings. The van der Waals surface area contributed by atoms with E-state index in [0.717, 1.165) is 19.3 Å². The van der Waals surface area contributed by atoms with Crippen LogP contribution in [0.25, 0.3) is 0 Å². The standard InChI is InChI=1S/C11H20O/c1-3-10(12)6-9-11(2)7-4-5-8-11/h3-9H2,1-2H3. The molecule has 1 heteroatoms. The molecule has 0 unspecified atom stereocenters. The summed E-state index contributed by atoms with van der Waals surface area (Å²) >= 11 is 0. The van der Waals surface area contributed by atoms with Crippen molar-refractivity contribution in [1.82, 2.24) is 0 Å². The van der Waals surface area contributed by atoms with Crippen molar-refractivity contribution in [2.45, 2.75) is 58.8 Å². The van der Waals surface area contributed by atoms with Crippen molar-refractivity contribution in [2.24, 2.45) is 5.41 Å². The largest absolute Gasteiger partial charge is 0.300 e. The average molecular weight is 168 g/mol. The molecule has 0 aromatic rings. The Bertz CT molecular complexity index is 154. The van der Waals surface area contributed by atoms with Crippen molar-refractivity contribution >= 4 is 5.78 Å². The molecule has 1 saturated carbocycles. The van der Waals surface area contributed by atoms with Crippen LogP contribution in [0.5, 0.6) is 0 Å². The maximum Gasteiger partial charge on any atom is 0.132 e. The van der Waals surface area contributed by atoms with Gasteiger partial charge < -0.3 is 0 Å². The third-order valence-electron chi connectivity index (χ3n) is 3.21. The Morgan fingerprint density at radius 1 is 1.33 bits per heavy atom. The van der Waals surface area contributed by atoms with Crippen LogP contribution in [0, 0.1) is 5.41 Å². The van der Waals surface area contributed by atoms with Crippen molar-refractivity contribution < 1.29 is 4.79 Å². The Labute approximate surface area is 75.5 Å². The first-order valence-corrected chi connectivity index (χ1v) is 5.18. The number of Topliss-reactive ketones (excluding diaryl/α,β-unsaturated/α-hetero) is 1. The molecule has 12 heavy (non-hydrogen) atoms. The fourth-order valence-corrected chi connectivity index (χ4v) is 2.10. The van der Waals surface area contributed by atoms with E-state index >= 15 is 0 Å². The van der Waals surface area contributed by atoms with Crippen molar-refractivity contribution in [3.63, 3.8) is 0 Å². The SMILES string of the molecule is CCC(=O)CCC1(C)CCCC1. The van der Waals surface area contributed by atoms with E-state index in [1.54, 1.807) is 0 Å². The molecular weight excluding hydrogens is 148 g/mol. The molecule has 0 amide bonds. The highest BCUT2D eigenvalue weighted by molar-refractivity contribution is 5.77. The summed E-state index contributed by atoms with van der Waals surface area (Å²) < 4.78 is 0. The molecule has 0 aromatic heterocycles. The molecule has 1 aliphatic rings. The lowest BCUT2D eigenvalue weighted by Gasteiger charge is -2.22. The van der Waals surface area contributed by atoms with Gasteiger partial charge in [-0.1, -0.05) is 26.7 Å². The lowest BCUT2D eigenvalue weighted by molar-refractivity contribution is -0.119. The first-order chi connectivity index (χ1) is 5.66. The Hall–Kier alpha value is -0.330. The molecule has 0 N–H and O–H groups in total. The van der Waals surface area contributed by atoms with Crippen LogP contribution in [-0.4, -0.2) is 5.78 Å². The fourth-order valence-electron chi connectivity index (χ4n) is 2.10. The van der Waals surface area contributed by atoms with Gasteiger partial charge in [0, 0.05) is 12.8 Å². The summed E-state index contributed by atoms with van der Waals surface area (Å²) in [5.41, 5.74) is 0.505. The molecule has 0 saturated heterocycles. The molecule has 1 nitrogen and oxygen atoms in total. The van der Waals surface area contributed by atoms with Gasteiger partial charge in [0.25, 0.3) is 0 Å². The van der Waals surface area contributed by atoms with Gasteiger partial charge in [-0.05, 0) is 24.7 Å². The van der Waals surface area contributed by atoms with Gasteiger partial charge in [0.15, 0.2) is 0 Å². The van der Waals surface area contributed by atoms with Crippen LogP contribution in [0.2, 0.25) is 0 Å². The molecule has 0 spiro atoms. The number of carbonyl (C=O) groups is 1. The predicted molar refractivity (Wildman–Crippen MR) is 51.1 cm³/mol. The lowest BCUT2D eigenvalue weighted by Crippen LogP contribution is -2.12. The minimum Gasteiger partial charge on any atom is -0.300 e. The van der Waals surface area contributed by atoms with Gasteiger partial charge in [-0.25, -0.2) is 0 Å². The van der Waals surface area contributed by atoms with Crippen molar-refractivity contribution in [3.05, 3.63) is 0 Å². The zero-order chi connectivity index (χ0) is 9.03. The van der Waals surface area contributed by atoms with Crippen LogP contribution in [0.1, 0.15) is 58.8 Å². The van der Waals surface area contributed by atoms with Crippen LogP contribution in [0.15, 0.2) is 0 Å². The number of hydrogen-bond donors (Lipinski definition) is 0. The summed E-state index contributed by atoms with van der Waals surface area (Å²) in [6, 6.07) is 0. The summed E-state index contributed by atoms with van der Waals surface area (Å²) in [4.78, 5) is 11.1. The van der Waals surface area contributed by atoms with E-state index in [1.165, 1.54) is 25.7 Å². The van der Waals surface area contributed by atoms with Gasteiger partial charge in [-0.3, -0.25) is 4.79 Å². The highest BCUT2D eigenvalue weighted by Crippen LogP contribution is 2.41. The molecule has 0 atom stereocenters. The molecule has 0 aliphatic heterocycles. The molecule has 0 bridgehead atoms. The first-order valence-electron chi connectivity index (χ1n) is 5.18. The van der Waals surface area contributed by atoms with Crippen LogP contribution < -0.4 is 0 Å². The van der Waals surface area contributed by atoms with E-state index in [-0.39, 0.29) is 0 Å². The minimum absolute atomic E-state index is 0.433. The van der Waals surface area contributed by atoms with Gasteiger partial charge in [0.1, 0.15) is 5.78 Å². The van der Waals surface area contributed by atoms with Gasteiger partial charge in [-0.2, -0.15) is 0 Å². The van der Waals surface area contributed by atoms with Crippen LogP contribution >= 0.6 is 0 Å². The smallest absolute Gasteiger partial charge is 0.132 e. The third-order valence-corrected chi connectivity index (χ3v) is 3.21.